The average molecular weight is 370 g/mol. The molecule has 1 N–H and O–H groups in total. The Morgan fingerprint density at radius 2 is 1.87 bits per heavy atom. The number of sulfone groups is 1. The van der Waals surface area contributed by atoms with E-state index in [2.05, 4.69) is 0 Å². The van der Waals surface area contributed by atoms with Gasteiger partial charge in [0.05, 0.1) is 10.8 Å². The number of hydrogen-bond donors (Lipinski definition) is 1. The van der Waals surface area contributed by atoms with Crippen LogP contribution in [0.15, 0.2) is 28.5 Å². The van der Waals surface area contributed by atoms with Crippen molar-refractivity contribution < 1.29 is 18.3 Å². The molecule has 5 nitrogen and oxygen atoms in total. The molecular weight excluding hydrogens is 358 g/mol. The van der Waals surface area contributed by atoms with Gasteiger partial charge in [0.1, 0.15) is 15.2 Å². The number of hydrogen-bond acceptors (Lipinski definition) is 5. The second-order valence-electron chi connectivity index (χ2n) is 4.99. The van der Waals surface area contributed by atoms with Gasteiger partial charge in [-0.15, -0.1) is 11.3 Å². The summed E-state index contributed by atoms with van der Waals surface area (Å²) in [7, 11) is -3.76. The Bertz CT molecular complexity index is 906. The molecule has 1 heterocycles. The molecule has 0 radical (unpaired) electrons. The van der Waals surface area contributed by atoms with Crippen molar-refractivity contribution in [2.24, 2.45) is 0 Å². The Hall–Kier alpha value is -1.88. The molecule has 0 aliphatic carbocycles. The van der Waals surface area contributed by atoms with E-state index < -0.39 is 21.1 Å². The van der Waals surface area contributed by atoms with Crippen molar-refractivity contribution in [3.05, 3.63) is 39.7 Å². The van der Waals surface area contributed by atoms with E-state index in [0.29, 0.717) is 21.9 Å². The van der Waals surface area contributed by atoms with Crippen LogP contribution in [0.2, 0.25) is 5.02 Å². The summed E-state index contributed by atoms with van der Waals surface area (Å²) < 4.78 is 24.7. The van der Waals surface area contributed by atoms with E-state index in [-0.39, 0.29) is 20.2 Å². The summed E-state index contributed by atoms with van der Waals surface area (Å²) in [4.78, 5) is 11.3. The number of thiophene rings is 1. The molecule has 0 fully saturated rings. The highest BCUT2D eigenvalue weighted by Gasteiger charge is 2.32. The first-order valence-electron chi connectivity index (χ1n) is 6.50. The topological polar surface area (TPSA) is 95.2 Å². The largest absolute Gasteiger partial charge is 0.477 e. The Kier molecular flexibility index (Phi) is 4.80. The number of carboxylic acid groups (broad SMARTS) is 1. The predicted molar refractivity (Wildman–Crippen MR) is 88.8 cm³/mol. The van der Waals surface area contributed by atoms with Crippen molar-refractivity contribution in [2.45, 2.75) is 23.3 Å². The van der Waals surface area contributed by atoms with Crippen LogP contribution in [0.4, 0.5) is 0 Å². The third-order valence-corrected chi connectivity index (χ3v) is 7.33. The van der Waals surface area contributed by atoms with E-state index in [4.69, 9.17) is 11.6 Å². The van der Waals surface area contributed by atoms with Gasteiger partial charge in [0, 0.05) is 10.6 Å². The van der Waals surface area contributed by atoms with Crippen molar-refractivity contribution in [1.82, 2.24) is 0 Å². The average Bonchev–Trinajstić information content (AvgIpc) is 2.88. The fourth-order valence-corrected chi connectivity index (χ4v) is 5.09. The maximum absolute atomic E-state index is 12.4. The molecule has 1 aromatic carbocycles. The van der Waals surface area contributed by atoms with Gasteiger partial charge < -0.3 is 5.11 Å². The van der Waals surface area contributed by atoms with Crippen LogP contribution >= 0.6 is 22.9 Å². The molecule has 0 saturated heterocycles. The third-order valence-electron chi connectivity index (χ3n) is 3.19. The predicted octanol–water partition coefficient (Wildman–Crippen LogP) is 3.82. The normalized spacial score (nSPS) is 11.4. The number of benzene rings is 1. The molecule has 2 aromatic rings. The van der Waals surface area contributed by atoms with Crippen LogP contribution in [-0.2, 0) is 9.84 Å². The third kappa shape index (κ3) is 3.11. The van der Waals surface area contributed by atoms with Crippen LogP contribution in [0.25, 0.3) is 11.1 Å². The molecule has 0 saturated carbocycles. The molecule has 2 rings (SSSR count). The molecule has 0 aliphatic heterocycles. The molecule has 0 amide bonds. The molecule has 8 heteroatoms. The molecule has 1 aromatic heterocycles. The smallest absolute Gasteiger partial charge is 0.346 e. The number of nitrogens with zero attached hydrogens (tertiary/aromatic N) is 1. The van der Waals surface area contributed by atoms with Gasteiger partial charge in [0.15, 0.2) is 9.84 Å². The highest BCUT2D eigenvalue weighted by atomic mass is 35.5. The molecule has 0 spiro atoms. The monoisotopic (exact) mass is 369 g/mol. The molecule has 0 aliphatic rings. The second-order valence-corrected chi connectivity index (χ2v) is 9.14. The first-order valence-corrected chi connectivity index (χ1v) is 9.24. The van der Waals surface area contributed by atoms with Crippen molar-refractivity contribution in [3.8, 4) is 17.2 Å². The minimum absolute atomic E-state index is 0.112. The maximum Gasteiger partial charge on any atom is 0.346 e. The molecule has 0 atom stereocenters. The van der Waals surface area contributed by atoms with Gasteiger partial charge in [-0.2, -0.15) is 5.26 Å². The van der Waals surface area contributed by atoms with Gasteiger partial charge in [0.25, 0.3) is 0 Å². The van der Waals surface area contributed by atoms with Gasteiger partial charge in [-0.05, 0) is 31.5 Å². The van der Waals surface area contributed by atoms with Crippen LogP contribution in [0.5, 0.6) is 0 Å². The standard InChI is InChI=1S/C15H12ClNO4S2/c1-8(2)23(20,21)15-11(7-17)12(13(22-15)14(18)19)9-3-5-10(16)6-4-9/h3-6,8H,1-2H3,(H,18,19). The van der Waals surface area contributed by atoms with E-state index in [1.54, 1.807) is 24.3 Å². The van der Waals surface area contributed by atoms with Crippen LogP contribution in [0.1, 0.15) is 29.1 Å². The van der Waals surface area contributed by atoms with Gasteiger partial charge in [-0.1, -0.05) is 23.7 Å². The molecule has 23 heavy (non-hydrogen) atoms. The molecule has 0 unspecified atom stereocenters. The zero-order valence-corrected chi connectivity index (χ0v) is 14.6. The summed E-state index contributed by atoms with van der Waals surface area (Å²) >= 11 is 6.43. The van der Waals surface area contributed by atoms with E-state index in [0.717, 1.165) is 0 Å². The zero-order valence-electron chi connectivity index (χ0n) is 12.2. The quantitative estimate of drug-likeness (QED) is 0.883. The summed E-state index contributed by atoms with van der Waals surface area (Å²) in [6, 6.07) is 8.07. The van der Waals surface area contributed by atoms with Crippen LogP contribution in [0.3, 0.4) is 0 Å². The van der Waals surface area contributed by atoms with E-state index in [9.17, 15) is 23.6 Å². The van der Waals surface area contributed by atoms with Crippen molar-refractivity contribution in [2.75, 3.05) is 0 Å². The lowest BCUT2D eigenvalue weighted by Crippen LogP contribution is -2.13. The summed E-state index contributed by atoms with van der Waals surface area (Å²) in [6.45, 7) is 2.97. The van der Waals surface area contributed by atoms with Crippen LogP contribution < -0.4 is 0 Å². The zero-order chi connectivity index (χ0) is 17.4. The highest BCUT2D eigenvalue weighted by Crippen LogP contribution is 2.40. The summed E-state index contributed by atoms with van der Waals surface area (Å²) in [6.07, 6.45) is 0. The molecule has 120 valence electrons. The van der Waals surface area contributed by atoms with Gasteiger partial charge >= 0.3 is 5.97 Å². The SMILES string of the molecule is CC(C)S(=O)(=O)c1sc(C(=O)O)c(-c2ccc(Cl)cc2)c1C#N. The number of halogens is 1. The highest BCUT2D eigenvalue weighted by molar-refractivity contribution is 7.94. The number of nitriles is 1. The lowest BCUT2D eigenvalue weighted by Gasteiger charge is -2.06. The Labute approximate surface area is 142 Å². The first-order chi connectivity index (χ1) is 10.7. The summed E-state index contributed by atoms with van der Waals surface area (Å²) in [5, 5.41) is 18.5. The fourth-order valence-electron chi connectivity index (χ4n) is 1.97. The minimum atomic E-state index is -3.76. The summed E-state index contributed by atoms with van der Waals surface area (Å²) in [5.74, 6) is -1.28. The van der Waals surface area contributed by atoms with Crippen molar-refractivity contribution in [1.29, 1.82) is 5.26 Å². The minimum Gasteiger partial charge on any atom is -0.477 e. The van der Waals surface area contributed by atoms with Gasteiger partial charge in [-0.25, -0.2) is 13.2 Å². The molecule has 0 bridgehead atoms. The van der Waals surface area contributed by atoms with E-state index in [1.165, 1.54) is 13.8 Å². The lowest BCUT2D eigenvalue weighted by atomic mass is 10.0. The second kappa shape index (κ2) is 6.32. The Balaban J connectivity index is 2.86. The fraction of sp³-hybridized carbons (Fsp3) is 0.200. The number of aromatic carboxylic acids is 1. The van der Waals surface area contributed by atoms with Crippen LogP contribution in [-0.4, -0.2) is 24.7 Å². The van der Waals surface area contributed by atoms with Gasteiger partial charge in [-0.3, -0.25) is 0 Å². The maximum atomic E-state index is 12.4. The lowest BCUT2D eigenvalue weighted by molar-refractivity contribution is 0.0703. The van der Waals surface area contributed by atoms with Crippen molar-refractivity contribution >= 4 is 38.7 Å². The first kappa shape index (κ1) is 17.5. The van der Waals surface area contributed by atoms with Gasteiger partial charge in [0.2, 0.25) is 0 Å². The van der Waals surface area contributed by atoms with Crippen molar-refractivity contribution in [3.63, 3.8) is 0 Å². The van der Waals surface area contributed by atoms with E-state index in [1.807, 2.05) is 6.07 Å². The van der Waals surface area contributed by atoms with E-state index >= 15 is 0 Å². The Morgan fingerprint density at radius 3 is 2.30 bits per heavy atom. The molecular formula is C15H12ClNO4S2. The number of carbonyl (C=O) groups is 1. The number of rotatable bonds is 4. The number of carboxylic acids is 1. The Morgan fingerprint density at radius 1 is 1.30 bits per heavy atom. The van der Waals surface area contributed by atoms with Crippen LogP contribution in [0, 0.1) is 11.3 Å². The summed E-state index contributed by atoms with van der Waals surface area (Å²) in [5.41, 5.74) is 0.411.